The van der Waals surface area contributed by atoms with Gasteiger partial charge in [-0.05, 0) is 112 Å². The Morgan fingerprint density at radius 2 is 1.63 bits per heavy atom. The van der Waals surface area contributed by atoms with Crippen LogP contribution < -0.4 is 19.8 Å². The maximum absolute atomic E-state index is 11.7. The summed E-state index contributed by atoms with van der Waals surface area (Å²) in [4.78, 5) is 9.12. The normalized spacial score (nSPS) is 17.0. The molecule has 3 heterocycles. The maximum Gasteiger partial charge on any atom is 0.229 e. The van der Waals surface area contributed by atoms with Gasteiger partial charge in [-0.1, -0.05) is 6.07 Å². The highest BCUT2D eigenvalue weighted by atomic mass is 32.2. The molecule has 0 spiro atoms. The Morgan fingerprint density at radius 1 is 0.976 bits per heavy atom. The van der Waals surface area contributed by atoms with Crippen molar-refractivity contribution in [1.82, 2.24) is 14.9 Å². The molecule has 0 bridgehead atoms. The summed E-state index contributed by atoms with van der Waals surface area (Å²) in [5.74, 6) is 0. The van der Waals surface area contributed by atoms with Crippen LogP contribution in [-0.4, -0.2) is 42.4 Å². The minimum absolute atomic E-state index is 0.180. The number of sulfonamides is 1. The number of benzene rings is 2. The fourth-order valence-corrected chi connectivity index (χ4v) is 6.65. The van der Waals surface area contributed by atoms with Crippen molar-refractivity contribution in [2.75, 3.05) is 33.9 Å². The van der Waals surface area contributed by atoms with E-state index in [4.69, 9.17) is 12.2 Å². The SMILES string of the molecule is CCN(CC)c1ccc(-n2c(C)cc([C@H]3[C@H](c4ccccn4)NC(=S)N3c3ccc(NS(C)(=O)=O)cc3)c2C)cc1. The number of aryl methyl sites for hydroxylation is 1. The lowest BCUT2D eigenvalue weighted by Crippen LogP contribution is -2.29. The number of nitrogens with one attached hydrogen (secondary N) is 2. The van der Waals surface area contributed by atoms with E-state index in [2.05, 4.69) is 87.4 Å². The Bertz CT molecular complexity index is 1630. The number of aromatic nitrogens is 2. The van der Waals surface area contributed by atoms with Crippen LogP contribution in [0.4, 0.5) is 17.1 Å². The zero-order valence-corrected chi connectivity index (χ0v) is 25.6. The van der Waals surface area contributed by atoms with Crippen molar-refractivity contribution in [3.63, 3.8) is 0 Å². The second-order valence-corrected chi connectivity index (χ2v) is 12.4. The van der Waals surface area contributed by atoms with E-state index in [0.717, 1.165) is 53.4 Å². The van der Waals surface area contributed by atoms with Crippen molar-refractivity contribution in [3.05, 3.63) is 102 Å². The van der Waals surface area contributed by atoms with Crippen LogP contribution in [0.2, 0.25) is 0 Å². The highest BCUT2D eigenvalue weighted by Crippen LogP contribution is 2.44. The van der Waals surface area contributed by atoms with Gasteiger partial charge < -0.3 is 19.7 Å². The molecule has 41 heavy (non-hydrogen) atoms. The molecule has 2 aromatic carbocycles. The number of nitrogens with zero attached hydrogens (tertiary/aromatic N) is 4. The zero-order chi connectivity index (χ0) is 29.3. The average Bonchev–Trinajstić information content (AvgIpc) is 3.44. The first-order valence-corrected chi connectivity index (χ1v) is 16.0. The molecular formula is C31H36N6O2S2. The predicted molar refractivity (Wildman–Crippen MR) is 172 cm³/mol. The molecule has 1 fully saturated rings. The zero-order valence-electron chi connectivity index (χ0n) is 24.0. The molecule has 0 amide bonds. The summed E-state index contributed by atoms with van der Waals surface area (Å²) < 4.78 is 28.3. The van der Waals surface area contributed by atoms with E-state index in [1.54, 1.807) is 18.3 Å². The third-order valence-corrected chi connectivity index (χ3v) is 8.49. The summed E-state index contributed by atoms with van der Waals surface area (Å²) in [6.07, 6.45) is 2.94. The molecule has 8 nitrogen and oxygen atoms in total. The van der Waals surface area contributed by atoms with Gasteiger partial charge in [-0.2, -0.15) is 0 Å². The van der Waals surface area contributed by atoms with Crippen molar-refractivity contribution in [3.8, 4) is 5.69 Å². The number of pyridine rings is 1. The van der Waals surface area contributed by atoms with E-state index in [1.165, 1.54) is 5.69 Å². The second kappa shape index (κ2) is 11.5. The number of rotatable bonds is 9. The summed E-state index contributed by atoms with van der Waals surface area (Å²) in [5.41, 5.74) is 7.95. The molecule has 5 rings (SSSR count). The van der Waals surface area contributed by atoms with E-state index in [0.29, 0.717) is 10.8 Å². The first-order chi connectivity index (χ1) is 19.6. The van der Waals surface area contributed by atoms with Crippen molar-refractivity contribution >= 4 is 44.4 Å². The van der Waals surface area contributed by atoms with Crippen LogP contribution in [-0.2, 0) is 10.0 Å². The van der Waals surface area contributed by atoms with E-state index >= 15 is 0 Å². The van der Waals surface area contributed by atoms with Gasteiger partial charge in [-0.3, -0.25) is 9.71 Å². The lowest BCUT2D eigenvalue weighted by molar-refractivity contribution is 0.565. The molecule has 2 N–H and O–H groups in total. The molecule has 2 aromatic heterocycles. The fourth-order valence-electron chi connectivity index (χ4n) is 5.74. The van der Waals surface area contributed by atoms with Crippen molar-refractivity contribution in [2.45, 2.75) is 39.8 Å². The average molecular weight is 589 g/mol. The molecule has 10 heteroatoms. The number of hydrogen-bond acceptors (Lipinski definition) is 5. The highest BCUT2D eigenvalue weighted by molar-refractivity contribution is 7.92. The largest absolute Gasteiger partial charge is 0.372 e. The molecule has 0 unspecified atom stereocenters. The molecule has 214 valence electrons. The van der Waals surface area contributed by atoms with Crippen LogP contribution in [0.15, 0.2) is 79.0 Å². The van der Waals surface area contributed by atoms with E-state index in [-0.39, 0.29) is 12.1 Å². The van der Waals surface area contributed by atoms with E-state index < -0.39 is 10.0 Å². The van der Waals surface area contributed by atoms with Crippen LogP contribution in [0.5, 0.6) is 0 Å². The van der Waals surface area contributed by atoms with Gasteiger partial charge >= 0.3 is 0 Å². The lowest BCUT2D eigenvalue weighted by Gasteiger charge is -2.28. The van der Waals surface area contributed by atoms with Crippen LogP contribution in [0.3, 0.4) is 0 Å². The third kappa shape index (κ3) is 5.80. The Balaban J connectivity index is 1.58. The predicted octanol–water partition coefficient (Wildman–Crippen LogP) is 5.88. The minimum atomic E-state index is -3.38. The highest BCUT2D eigenvalue weighted by Gasteiger charge is 2.42. The van der Waals surface area contributed by atoms with Gasteiger partial charge in [-0.25, -0.2) is 8.42 Å². The Labute approximate surface area is 248 Å². The first-order valence-electron chi connectivity index (χ1n) is 13.7. The van der Waals surface area contributed by atoms with Crippen molar-refractivity contribution < 1.29 is 8.42 Å². The minimum Gasteiger partial charge on any atom is -0.372 e. The molecule has 1 aliphatic heterocycles. The molecule has 0 aliphatic carbocycles. The molecule has 1 saturated heterocycles. The molecule has 4 aromatic rings. The third-order valence-electron chi connectivity index (χ3n) is 7.57. The maximum atomic E-state index is 11.7. The Morgan fingerprint density at radius 3 is 2.22 bits per heavy atom. The van der Waals surface area contributed by atoms with Gasteiger partial charge in [0.15, 0.2) is 5.11 Å². The Hall–Kier alpha value is -3.89. The quantitative estimate of drug-likeness (QED) is 0.236. The molecule has 0 radical (unpaired) electrons. The number of anilines is 3. The number of thiocarbonyl (C=S) groups is 1. The lowest BCUT2D eigenvalue weighted by atomic mass is 9.96. The van der Waals surface area contributed by atoms with Crippen LogP contribution in [0, 0.1) is 13.8 Å². The van der Waals surface area contributed by atoms with Crippen LogP contribution >= 0.6 is 12.2 Å². The standard InChI is InChI=1S/C31H36N6O2S2/c1-6-35(7-2)24-15-17-25(18-16-24)36-21(3)20-27(22(36)4)30-29(28-10-8-9-19-32-28)33-31(40)37(30)26-13-11-23(12-14-26)34-41(5,38)39/h8-20,29-30,34H,6-7H2,1-5H3,(H,33,40)/t29-,30-/m0/s1. The number of hydrogen-bond donors (Lipinski definition) is 2. The smallest absolute Gasteiger partial charge is 0.229 e. The van der Waals surface area contributed by atoms with Gasteiger partial charge in [0, 0.05) is 53.4 Å². The van der Waals surface area contributed by atoms with E-state index in [9.17, 15) is 8.42 Å². The summed E-state index contributed by atoms with van der Waals surface area (Å²) in [6.45, 7) is 10.5. The summed E-state index contributed by atoms with van der Waals surface area (Å²) in [6, 6.07) is 23.8. The molecule has 1 aliphatic rings. The van der Waals surface area contributed by atoms with Gasteiger partial charge in [0.2, 0.25) is 10.0 Å². The van der Waals surface area contributed by atoms with Gasteiger partial charge in [0.05, 0.1) is 24.0 Å². The van der Waals surface area contributed by atoms with Gasteiger partial charge in [-0.15, -0.1) is 0 Å². The summed E-state index contributed by atoms with van der Waals surface area (Å²) >= 11 is 5.90. The second-order valence-electron chi connectivity index (χ2n) is 10.3. The monoisotopic (exact) mass is 588 g/mol. The van der Waals surface area contributed by atoms with Crippen molar-refractivity contribution in [1.29, 1.82) is 0 Å². The molecular weight excluding hydrogens is 553 g/mol. The van der Waals surface area contributed by atoms with Crippen LogP contribution in [0.25, 0.3) is 5.69 Å². The fraction of sp³-hybridized carbons (Fsp3) is 0.290. The molecule has 0 saturated carbocycles. The molecule has 2 atom stereocenters. The van der Waals surface area contributed by atoms with E-state index in [1.807, 2.05) is 30.3 Å². The summed E-state index contributed by atoms with van der Waals surface area (Å²) in [5, 5.41) is 4.10. The van der Waals surface area contributed by atoms with Gasteiger partial charge in [0.25, 0.3) is 0 Å². The van der Waals surface area contributed by atoms with Gasteiger partial charge in [0.1, 0.15) is 0 Å². The topological polar surface area (TPSA) is 82.5 Å². The van der Waals surface area contributed by atoms with Crippen molar-refractivity contribution in [2.24, 2.45) is 0 Å². The summed E-state index contributed by atoms with van der Waals surface area (Å²) in [7, 11) is -3.38. The van der Waals surface area contributed by atoms with Crippen LogP contribution in [0.1, 0.15) is 48.6 Å². The Kier molecular flexibility index (Phi) is 8.06. The first kappa shape index (κ1) is 28.6.